The molecule has 0 nitrogen and oxygen atoms in total. The highest BCUT2D eigenvalue weighted by molar-refractivity contribution is 9.11. The minimum Gasteiger partial charge on any atom is -0.133 e. The maximum atomic E-state index is 6.44. The molecular weight excluding hydrogens is 292 g/mol. The Labute approximate surface area is 109 Å². The van der Waals surface area contributed by atoms with Crippen LogP contribution in [0.2, 0.25) is 0 Å². The highest BCUT2D eigenvalue weighted by atomic mass is 79.9. The maximum absolute atomic E-state index is 6.44. The van der Waals surface area contributed by atoms with E-state index in [0.29, 0.717) is 5.38 Å². The summed E-state index contributed by atoms with van der Waals surface area (Å²) in [4.78, 5) is 1.45. The van der Waals surface area contributed by atoms with Crippen molar-refractivity contribution >= 4 is 38.9 Å². The molecule has 0 saturated heterocycles. The van der Waals surface area contributed by atoms with Crippen LogP contribution in [-0.4, -0.2) is 5.38 Å². The van der Waals surface area contributed by atoms with Crippen LogP contribution in [0.5, 0.6) is 0 Å². The fourth-order valence-corrected chi connectivity index (χ4v) is 4.18. The van der Waals surface area contributed by atoms with E-state index < -0.39 is 0 Å². The molecule has 1 aliphatic rings. The Hall–Kier alpha value is 0.470. The summed E-state index contributed by atoms with van der Waals surface area (Å²) >= 11 is 11.8. The molecule has 0 radical (unpaired) electrons. The standard InChI is InChI=1S/C12H16BrClS/c13-12-8-6-10(15-12)5-7-11(14)9-3-1-2-4-9/h6,8-9,11H,1-5,7H2. The smallest absolute Gasteiger partial charge is 0.0701 e. The molecule has 0 amide bonds. The molecule has 1 atom stereocenters. The third-order valence-corrected chi connectivity index (χ3v) is 5.46. The number of thiophene rings is 1. The largest absolute Gasteiger partial charge is 0.133 e. The molecule has 1 fully saturated rings. The molecular formula is C12H16BrClS. The molecule has 0 aromatic carbocycles. The van der Waals surface area contributed by atoms with Gasteiger partial charge in [0.1, 0.15) is 0 Å². The molecule has 2 rings (SSSR count). The van der Waals surface area contributed by atoms with E-state index in [1.54, 1.807) is 0 Å². The van der Waals surface area contributed by atoms with Gasteiger partial charge in [-0.3, -0.25) is 0 Å². The fraction of sp³-hybridized carbons (Fsp3) is 0.667. The molecule has 84 valence electrons. The van der Waals surface area contributed by atoms with Gasteiger partial charge < -0.3 is 0 Å². The van der Waals surface area contributed by atoms with Crippen molar-refractivity contribution in [2.24, 2.45) is 5.92 Å². The highest BCUT2D eigenvalue weighted by Crippen LogP contribution is 2.33. The van der Waals surface area contributed by atoms with Crippen LogP contribution in [-0.2, 0) is 6.42 Å². The maximum Gasteiger partial charge on any atom is 0.0701 e. The van der Waals surface area contributed by atoms with Crippen molar-refractivity contribution < 1.29 is 0 Å². The normalized spacial score (nSPS) is 19.6. The van der Waals surface area contributed by atoms with E-state index in [1.165, 1.54) is 34.3 Å². The third-order valence-electron chi connectivity index (χ3n) is 3.21. The van der Waals surface area contributed by atoms with Gasteiger partial charge in [0.15, 0.2) is 0 Å². The van der Waals surface area contributed by atoms with Gasteiger partial charge in [0.25, 0.3) is 0 Å². The van der Waals surface area contributed by atoms with Crippen LogP contribution < -0.4 is 0 Å². The summed E-state index contributed by atoms with van der Waals surface area (Å²) in [7, 11) is 0. The Morgan fingerprint density at radius 1 is 1.40 bits per heavy atom. The van der Waals surface area contributed by atoms with Crippen molar-refractivity contribution in [2.75, 3.05) is 0 Å². The summed E-state index contributed by atoms with van der Waals surface area (Å²) in [5.41, 5.74) is 0. The summed E-state index contributed by atoms with van der Waals surface area (Å²) < 4.78 is 1.23. The second-order valence-electron chi connectivity index (χ2n) is 4.31. The minimum absolute atomic E-state index is 0.397. The minimum atomic E-state index is 0.397. The molecule has 1 aromatic rings. The quantitative estimate of drug-likeness (QED) is 0.667. The Morgan fingerprint density at radius 3 is 2.73 bits per heavy atom. The Kier molecular flexibility index (Phi) is 4.53. The van der Waals surface area contributed by atoms with Gasteiger partial charge in [-0.2, -0.15) is 0 Å². The monoisotopic (exact) mass is 306 g/mol. The van der Waals surface area contributed by atoms with Gasteiger partial charge >= 0.3 is 0 Å². The lowest BCUT2D eigenvalue weighted by molar-refractivity contribution is 0.493. The SMILES string of the molecule is ClC(CCc1ccc(Br)s1)C1CCCC1. The van der Waals surface area contributed by atoms with E-state index in [1.807, 2.05) is 11.3 Å². The van der Waals surface area contributed by atoms with E-state index in [4.69, 9.17) is 11.6 Å². The lowest BCUT2D eigenvalue weighted by Gasteiger charge is -2.15. The molecule has 0 aliphatic heterocycles. The van der Waals surface area contributed by atoms with Crippen LogP contribution in [0.1, 0.15) is 37.0 Å². The van der Waals surface area contributed by atoms with Crippen molar-refractivity contribution in [1.29, 1.82) is 0 Å². The Balaban J connectivity index is 1.77. The van der Waals surface area contributed by atoms with Crippen LogP contribution >= 0.6 is 38.9 Å². The summed E-state index contributed by atoms with van der Waals surface area (Å²) in [6.45, 7) is 0. The first kappa shape index (κ1) is 11.9. The summed E-state index contributed by atoms with van der Waals surface area (Å²) in [6.07, 6.45) is 7.75. The average molecular weight is 308 g/mol. The van der Waals surface area contributed by atoms with E-state index in [-0.39, 0.29) is 0 Å². The van der Waals surface area contributed by atoms with Gasteiger partial charge in [-0.25, -0.2) is 0 Å². The fourth-order valence-electron chi connectivity index (χ4n) is 2.32. The molecule has 1 heterocycles. The van der Waals surface area contributed by atoms with Crippen LogP contribution in [0.25, 0.3) is 0 Å². The van der Waals surface area contributed by atoms with Gasteiger partial charge in [-0.15, -0.1) is 22.9 Å². The van der Waals surface area contributed by atoms with Crippen molar-refractivity contribution in [1.82, 2.24) is 0 Å². The molecule has 3 heteroatoms. The first-order chi connectivity index (χ1) is 7.25. The molecule has 0 spiro atoms. The van der Waals surface area contributed by atoms with Crippen LogP contribution in [0.4, 0.5) is 0 Å². The molecule has 1 aliphatic carbocycles. The number of halogens is 2. The molecule has 0 N–H and O–H groups in total. The Bertz CT molecular complexity index is 304. The second-order valence-corrected chi connectivity index (χ2v) is 7.41. The summed E-state index contributed by atoms with van der Waals surface area (Å²) in [6, 6.07) is 4.33. The number of hydrogen-bond donors (Lipinski definition) is 0. The lowest BCUT2D eigenvalue weighted by Crippen LogP contribution is -2.11. The van der Waals surface area contributed by atoms with E-state index in [9.17, 15) is 0 Å². The summed E-state index contributed by atoms with van der Waals surface area (Å²) in [5.74, 6) is 0.787. The van der Waals surface area contributed by atoms with Gasteiger partial charge in [0.05, 0.1) is 3.79 Å². The lowest BCUT2D eigenvalue weighted by atomic mass is 10.00. The number of alkyl halides is 1. The van der Waals surface area contributed by atoms with Crippen LogP contribution in [0.3, 0.4) is 0 Å². The predicted octanol–water partition coefficient (Wildman–Crippen LogP) is 5.24. The van der Waals surface area contributed by atoms with Crippen molar-refractivity contribution in [3.8, 4) is 0 Å². The van der Waals surface area contributed by atoms with Gasteiger partial charge in [-0.1, -0.05) is 12.8 Å². The number of hydrogen-bond acceptors (Lipinski definition) is 1. The van der Waals surface area contributed by atoms with E-state index in [0.717, 1.165) is 18.8 Å². The van der Waals surface area contributed by atoms with E-state index in [2.05, 4.69) is 28.1 Å². The third kappa shape index (κ3) is 3.47. The van der Waals surface area contributed by atoms with Gasteiger partial charge in [-0.05, 0) is 59.7 Å². The van der Waals surface area contributed by atoms with Crippen LogP contribution in [0, 0.1) is 5.92 Å². The van der Waals surface area contributed by atoms with Gasteiger partial charge in [0, 0.05) is 10.3 Å². The molecule has 0 bridgehead atoms. The number of rotatable bonds is 4. The zero-order chi connectivity index (χ0) is 10.7. The molecule has 15 heavy (non-hydrogen) atoms. The topological polar surface area (TPSA) is 0 Å². The number of aryl methyl sites for hydroxylation is 1. The zero-order valence-corrected chi connectivity index (χ0v) is 11.9. The van der Waals surface area contributed by atoms with Crippen LogP contribution in [0.15, 0.2) is 15.9 Å². The molecule has 1 unspecified atom stereocenters. The molecule has 1 aromatic heterocycles. The van der Waals surface area contributed by atoms with Crippen molar-refractivity contribution in [3.63, 3.8) is 0 Å². The first-order valence-corrected chi connectivity index (χ1v) is 7.68. The first-order valence-electron chi connectivity index (χ1n) is 5.64. The second kappa shape index (κ2) is 5.70. The molecule has 1 saturated carbocycles. The zero-order valence-electron chi connectivity index (χ0n) is 8.72. The van der Waals surface area contributed by atoms with Crippen molar-refractivity contribution in [3.05, 3.63) is 20.8 Å². The van der Waals surface area contributed by atoms with Gasteiger partial charge in [0.2, 0.25) is 0 Å². The van der Waals surface area contributed by atoms with Crippen molar-refractivity contribution in [2.45, 2.75) is 43.9 Å². The highest BCUT2D eigenvalue weighted by Gasteiger charge is 2.22. The van der Waals surface area contributed by atoms with E-state index >= 15 is 0 Å². The Morgan fingerprint density at radius 2 is 2.13 bits per heavy atom. The summed E-state index contributed by atoms with van der Waals surface area (Å²) in [5, 5.41) is 0.397. The predicted molar refractivity (Wildman–Crippen MR) is 71.9 cm³/mol. The average Bonchev–Trinajstić information content (AvgIpc) is 2.84.